The largest absolute Gasteiger partial charge is 0.462 e. The third-order valence-corrected chi connectivity index (χ3v) is 9.65. The van der Waals surface area contributed by atoms with Crippen LogP contribution in [-0.2, 0) is 11.2 Å². The third-order valence-electron chi connectivity index (χ3n) is 9.65. The zero-order valence-corrected chi connectivity index (χ0v) is 23.9. The number of anilines is 1. The Morgan fingerprint density at radius 2 is 2.07 bits per heavy atom. The smallest absolute Gasteiger partial charge is 0.319 e. The fraction of sp³-hybridized carbons (Fsp3) is 0.455. The van der Waals surface area contributed by atoms with Crippen molar-refractivity contribution >= 4 is 22.6 Å². The van der Waals surface area contributed by atoms with Gasteiger partial charge in [0.05, 0.1) is 24.0 Å². The number of halogens is 1. The van der Waals surface area contributed by atoms with Gasteiger partial charge in [0.2, 0.25) is 0 Å². The van der Waals surface area contributed by atoms with Crippen molar-refractivity contribution in [1.29, 1.82) is 5.26 Å². The molecule has 9 heteroatoms. The number of nitriles is 1. The SMILES string of the molecule is C=C(F)C(=O)N1CCN(c2nc(OC[C@@H]3CCCN3C)nc3cc(-c4cccc5c4C[C@@H]4C[C@H]54)ccc23)C[C@@H]1CC#N. The minimum atomic E-state index is -1.01. The van der Waals surface area contributed by atoms with E-state index in [-0.39, 0.29) is 13.0 Å². The van der Waals surface area contributed by atoms with Crippen molar-refractivity contribution in [3.05, 3.63) is 59.9 Å². The number of carbonyl (C=O) groups excluding carboxylic acids is 1. The number of likely N-dealkylation sites (N-methyl/N-ethyl adjacent to an activating group) is 1. The zero-order chi connectivity index (χ0) is 29.0. The summed E-state index contributed by atoms with van der Waals surface area (Å²) in [6, 6.07) is 15.3. The van der Waals surface area contributed by atoms with Crippen LogP contribution in [0.5, 0.6) is 6.01 Å². The Labute approximate surface area is 245 Å². The molecule has 2 aliphatic carbocycles. The Bertz CT molecular complexity index is 1620. The van der Waals surface area contributed by atoms with Gasteiger partial charge >= 0.3 is 6.01 Å². The Morgan fingerprint density at radius 1 is 1.19 bits per heavy atom. The first-order valence-electron chi connectivity index (χ1n) is 15.0. The average Bonchev–Trinajstić information content (AvgIpc) is 3.49. The van der Waals surface area contributed by atoms with E-state index in [4.69, 9.17) is 14.7 Å². The summed E-state index contributed by atoms with van der Waals surface area (Å²) in [6.07, 6.45) is 4.76. The molecule has 2 saturated heterocycles. The first-order valence-corrected chi connectivity index (χ1v) is 15.0. The second-order valence-corrected chi connectivity index (χ2v) is 12.2. The highest BCUT2D eigenvalue weighted by atomic mass is 19.1. The van der Waals surface area contributed by atoms with Crippen LogP contribution >= 0.6 is 0 Å². The lowest BCUT2D eigenvalue weighted by atomic mass is 9.94. The molecule has 0 bridgehead atoms. The summed E-state index contributed by atoms with van der Waals surface area (Å²) in [7, 11) is 2.12. The van der Waals surface area contributed by atoms with Gasteiger partial charge < -0.3 is 19.4 Å². The van der Waals surface area contributed by atoms with E-state index in [1.807, 2.05) is 0 Å². The molecule has 2 aromatic carbocycles. The van der Waals surface area contributed by atoms with Crippen LogP contribution in [0.4, 0.5) is 10.2 Å². The molecule has 1 aromatic heterocycles. The molecular formula is C33H35FN6O2. The summed E-state index contributed by atoms with van der Waals surface area (Å²) in [6.45, 7) is 5.79. The van der Waals surface area contributed by atoms with Gasteiger partial charge in [0.1, 0.15) is 12.4 Å². The lowest BCUT2D eigenvalue weighted by Crippen LogP contribution is -2.55. The summed E-state index contributed by atoms with van der Waals surface area (Å²) < 4.78 is 20.0. The number of hydrogen-bond donors (Lipinski definition) is 0. The topological polar surface area (TPSA) is 85.6 Å². The number of carbonyl (C=O) groups is 1. The second-order valence-electron chi connectivity index (χ2n) is 12.2. The Hall–Kier alpha value is -4.03. The van der Waals surface area contributed by atoms with Crippen LogP contribution in [0.25, 0.3) is 22.0 Å². The van der Waals surface area contributed by atoms with Crippen molar-refractivity contribution in [2.24, 2.45) is 5.92 Å². The Balaban J connectivity index is 1.25. The van der Waals surface area contributed by atoms with Crippen molar-refractivity contribution in [2.45, 2.75) is 50.1 Å². The molecule has 4 atom stereocenters. The second kappa shape index (κ2) is 10.7. The number of likely N-dealkylation sites (tertiary alicyclic amines) is 1. The Kier molecular flexibility index (Phi) is 6.82. The number of ether oxygens (including phenoxy) is 1. The monoisotopic (exact) mass is 566 g/mol. The fourth-order valence-electron chi connectivity index (χ4n) is 7.24. The van der Waals surface area contributed by atoms with Crippen LogP contribution in [0.2, 0.25) is 0 Å². The number of aromatic nitrogens is 2. The van der Waals surface area contributed by atoms with Crippen LogP contribution in [0.15, 0.2) is 48.8 Å². The standard InChI is InChI=1S/C33H35FN6O2/c1-20(34)32(41)40-14-13-39(18-23(40)10-11-35)31-27-9-8-21(25-6-3-7-26-28-15-22(28)16-29(25)26)17-30(27)36-33(37-31)42-19-24-5-4-12-38(24)2/h3,6-9,17,22-24,28H,1,4-5,10,12-16,18-19H2,2H3/t22-,23-,24-,28-/m0/s1. The van der Waals surface area contributed by atoms with Crippen molar-refractivity contribution < 1.29 is 13.9 Å². The Morgan fingerprint density at radius 3 is 2.86 bits per heavy atom. The van der Waals surface area contributed by atoms with Crippen LogP contribution in [0.3, 0.4) is 0 Å². The summed E-state index contributed by atoms with van der Waals surface area (Å²) in [4.78, 5) is 28.0. The maximum absolute atomic E-state index is 13.8. The minimum Gasteiger partial charge on any atom is -0.462 e. The van der Waals surface area contributed by atoms with Gasteiger partial charge in [0.25, 0.3) is 5.91 Å². The molecule has 3 aromatic rings. The summed E-state index contributed by atoms with van der Waals surface area (Å²) >= 11 is 0. The van der Waals surface area contributed by atoms with E-state index in [1.54, 1.807) is 0 Å². The molecular weight excluding hydrogens is 531 g/mol. The normalized spacial score (nSPS) is 24.8. The van der Waals surface area contributed by atoms with Gasteiger partial charge in [-0.3, -0.25) is 4.79 Å². The van der Waals surface area contributed by atoms with E-state index in [9.17, 15) is 14.4 Å². The van der Waals surface area contributed by atoms with Crippen molar-refractivity contribution in [3.63, 3.8) is 0 Å². The molecule has 1 saturated carbocycles. The lowest BCUT2D eigenvalue weighted by molar-refractivity contribution is -0.131. The molecule has 3 heterocycles. The van der Waals surface area contributed by atoms with Gasteiger partial charge in [0.15, 0.2) is 5.83 Å². The van der Waals surface area contributed by atoms with E-state index >= 15 is 0 Å². The molecule has 4 aliphatic rings. The number of nitrogens with zero attached hydrogens (tertiary/aromatic N) is 6. The van der Waals surface area contributed by atoms with Crippen LogP contribution < -0.4 is 9.64 Å². The molecule has 0 unspecified atom stereocenters. The quantitative estimate of drug-likeness (QED) is 0.378. The van der Waals surface area contributed by atoms with E-state index in [1.165, 1.54) is 28.0 Å². The molecule has 8 nitrogen and oxygen atoms in total. The summed E-state index contributed by atoms with van der Waals surface area (Å²) in [5.74, 6) is 0.457. The van der Waals surface area contributed by atoms with Crippen molar-refractivity contribution in [1.82, 2.24) is 19.8 Å². The summed E-state index contributed by atoms with van der Waals surface area (Å²) in [5.41, 5.74) is 6.15. The van der Waals surface area contributed by atoms with E-state index in [0.29, 0.717) is 37.6 Å². The number of amides is 1. The highest BCUT2D eigenvalue weighted by Gasteiger charge is 2.45. The number of fused-ring (bicyclic) bond motifs is 4. The molecule has 0 radical (unpaired) electrons. The highest BCUT2D eigenvalue weighted by molar-refractivity contribution is 5.94. The van der Waals surface area contributed by atoms with Gasteiger partial charge in [-0.2, -0.15) is 15.2 Å². The van der Waals surface area contributed by atoms with E-state index in [0.717, 1.165) is 54.1 Å². The highest BCUT2D eigenvalue weighted by Crippen LogP contribution is 2.57. The van der Waals surface area contributed by atoms with Crippen LogP contribution in [0.1, 0.15) is 42.7 Å². The maximum Gasteiger partial charge on any atom is 0.319 e. The van der Waals surface area contributed by atoms with Crippen LogP contribution in [-0.4, -0.2) is 77.6 Å². The van der Waals surface area contributed by atoms with Gasteiger partial charge in [-0.15, -0.1) is 0 Å². The van der Waals surface area contributed by atoms with Gasteiger partial charge in [-0.25, -0.2) is 4.39 Å². The number of benzene rings is 2. The number of rotatable bonds is 7. The lowest BCUT2D eigenvalue weighted by Gasteiger charge is -2.41. The maximum atomic E-state index is 13.8. The van der Waals surface area contributed by atoms with Crippen LogP contribution in [0, 0.1) is 17.2 Å². The van der Waals surface area contributed by atoms with Gasteiger partial charge in [0, 0.05) is 31.1 Å². The molecule has 42 heavy (non-hydrogen) atoms. The van der Waals surface area contributed by atoms with Gasteiger partial charge in [-0.05, 0) is 85.5 Å². The third kappa shape index (κ3) is 4.78. The molecule has 7 rings (SSSR count). The minimum absolute atomic E-state index is 0.0845. The number of piperazine rings is 1. The predicted molar refractivity (Wildman–Crippen MR) is 159 cm³/mol. The molecule has 0 N–H and O–H groups in total. The average molecular weight is 567 g/mol. The van der Waals surface area contributed by atoms with E-state index < -0.39 is 17.8 Å². The first kappa shape index (κ1) is 26.8. The van der Waals surface area contributed by atoms with Gasteiger partial charge in [-0.1, -0.05) is 30.8 Å². The first-order chi connectivity index (χ1) is 20.4. The van der Waals surface area contributed by atoms with E-state index in [2.05, 4.69) is 65.9 Å². The van der Waals surface area contributed by atoms with Crippen molar-refractivity contribution in [2.75, 3.05) is 44.7 Å². The predicted octanol–water partition coefficient (Wildman–Crippen LogP) is 4.84. The fourth-order valence-corrected chi connectivity index (χ4v) is 7.24. The molecule has 3 fully saturated rings. The van der Waals surface area contributed by atoms with Crippen molar-refractivity contribution in [3.8, 4) is 23.2 Å². The summed E-state index contributed by atoms with van der Waals surface area (Å²) in [5, 5.41) is 10.4. The molecule has 1 amide bonds. The zero-order valence-electron chi connectivity index (χ0n) is 23.9. The molecule has 2 aliphatic heterocycles. The molecule has 216 valence electrons. The number of hydrogen-bond acceptors (Lipinski definition) is 7. The molecule has 0 spiro atoms.